The molecule has 0 saturated carbocycles. The molecule has 0 aliphatic carbocycles. The highest BCUT2D eigenvalue weighted by atomic mass is 16.5. The van der Waals surface area contributed by atoms with Gasteiger partial charge in [-0.25, -0.2) is 0 Å². The van der Waals surface area contributed by atoms with Crippen molar-refractivity contribution in [3.63, 3.8) is 0 Å². The molecule has 0 radical (unpaired) electrons. The second-order valence-electron chi connectivity index (χ2n) is 6.09. The van der Waals surface area contributed by atoms with Crippen LogP contribution in [0.2, 0.25) is 0 Å². The highest BCUT2D eigenvalue weighted by Gasteiger charge is 2.14. The molecule has 2 amide bonds. The van der Waals surface area contributed by atoms with Crippen molar-refractivity contribution >= 4 is 23.2 Å². The van der Waals surface area contributed by atoms with Crippen molar-refractivity contribution in [2.45, 2.75) is 19.8 Å². The zero-order valence-electron chi connectivity index (χ0n) is 15.4. The molecule has 0 fully saturated rings. The molecule has 2 aromatic rings. The Morgan fingerprint density at radius 1 is 1.15 bits per heavy atom. The maximum absolute atomic E-state index is 12.4. The summed E-state index contributed by atoms with van der Waals surface area (Å²) in [6.07, 6.45) is 0.824. The van der Waals surface area contributed by atoms with Crippen LogP contribution in [0.4, 0.5) is 11.4 Å². The van der Waals surface area contributed by atoms with Crippen LogP contribution in [0.15, 0.2) is 42.5 Å². The van der Waals surface area contributed by atoms with Gasteiger partial charge in [0.05, 0.1) is 12.3 Å². The Bertz CT molecular complexity index is 788. The fraction of sp³-hybridized carbons (Fsp3) is 0.300. The molecule has 0 heterocycles. The van der Waals surface area contributed by atoms with E-state index in [2.05, 4.69) is 5.32 Å². The molecule has 138 valence electrons. The number of nitrogens with one attached hydrogen (secondary N) is 1. The van der Waals surface area contributed by atoms with Gasteiger partial charge in [-0.3, -0.25) is 9.59 Å². The van der Waals surface area contributed by atoms with E-state index in [1.54, 1.807) is 32.3 Å². The summed E-state index contributed by atoms with van der Waals surface area (Å²) in [7, 11) is 3.36. The van der Waals surface area contributed by atoms with Crippen LogP contribution >= 0.6 is 0 Å². The molecule has 0 unspecified atom stereocenters. The number of aryl methyl sites for hydroxylation is 1. The minimum absolute atomic E-state index is 0.138. The topological polar surface area (TPSA) is 84.7 Å². The molecule has 2 rings (SSSR count). The van der Waals surface area contributed by atoms with Gasteiger partial charge in [0.2, 0.25) is 5.91 Å². The predicted octanol–water partition coefficient (Wildman–Crippen LogP) is 2.94. The Morgan fingerprint density at radius 2 is 1.88 bits per heavy atom. The number of nitrogen functional groups attached to an aromatic ring is 1. The smallest absolute Gasteiger partial charge is 0.253 e. The first kappa shape index (κ1) is 19.3. The van der Waals surface area contributed by atoms with E-state index < -0.39 is 0 Å². The minimum Gasteiger partial charge on any atom is -0.492 e. The van der Waals surface area contributed by atoms with E-state index in [4.69, 9.17) is 10.5 Å². The molecule has 26 heavy (non-hydrogen) atoms. The molecule has 0 atom stereocenters. The molecular formula is C20H25N3O3. The van der Waals surface area contributed by atoms with E-state index >= 15 is 0 Å². The summed E-state index contributed by atoms with van der Waals surface area (Å²) in [6.45, 7) is 2.33. The lowest BCUT2D eigenvalue weighted by Gasteiger charge is -2.15. The summed E-state index contributed by atoms with van der Waals surface area (Å²) < 4.78 is 5.56. The number of hydrogen-bond donors (Lipinski definition) is 2. The standard InChI is InChI=1S/C20H25N3O3/c1-4-26-18-11-9-15(20(25)23(2)3)13-17(18)22-19(24)12-10-14-7-5-6-8-16(14)21/h5-9,11,13H,4,10,12,21H2,1-3H3,(H,22,24). The monoisotopic (exact) mass is 355 g/mol. The maximum Gasteiger partial charge on any atom is 0.253 e. The van der Waals surface area contributed by atoms with Gasteiger partial charge in [-0.15, -0.1) is 0 Å². The summed E-state index contributed by atoms with van der Waals surface area (Å²) in [6, 6.07) is 12.5. The van der Waals surface area contributed by atoms with E-state index in [1.807, 2.05) is 31.2 Å². The van der Waals surface area contributed by atoms with E-state index in [0.29, 0.717) is 35.7 Å². The predicted molar refractivity (Wildman–Crippen MR) is 103 cm³/mol. The summed E-state index contributed by atoms with van der Waals surface area (Å²) in [4.78, 5) is 26.0. The average Bonchev–Trinajstić information content (AvgIpc) is 2.62. The number of hydrogen-bond acceptors (Lipinski definition) is 4. The molecule has 3 N–H and O–H groups in total. The number of carbonyl (C=O) groups excluding carboxylic acids is 2. The van der Waals surface area contributed by atoms with E-state index in [0.717, 1.165) is 5.56 Å². The quantitative estimate of drug-likeness (QED) is 0.748. The van der Waals surface area contributed by atoms with E-state index in [-0.39, 0.29) is 18.2 Å². The van der Waals surface area contributed by atoms with Crippen molar-refractivity contribution in [3.8, 4) is 5.75 Å². The zero-order valence-corrected chi connectivity index (χ0v) is 15.4. The number of rotatable bonds is 7. The number of anilines is 2. The van der Waals surface area contributed by atoms with Gasteiger partial charge in [0, 0.05) is 31.8 Å². The molecule has 0 saturated heterocycles. The normalized spacial score (nSPS) is 10.3. The van der Waals surface area contributed by atoms with Crippen molar-refractivity contribution in [2.24, 2.45) is 0 Å². The SMILES string of the molecule is CCOc1ccc(C(=O)N(C)C)cc1NC(=O)CCc1ccccc1N. The first-order chi connectivity index (χ1) is 12.4. The summed E-state index contributed by atoms with van der Waals surface area (Å²) in [5.74, 6) is 0.236. The molecule has 0 aliphatic rings. The van der Waals surface area contributed by atoms with Crippen molar-refractivity contribution in [3.05, 3.63) is 53.6 Å². The van der Waals surface area contributed by atoms with Crippen molar-refractivity contribution in [1.29, 1.82) is 0 Å². The Morgan fingerprint density at radius 3 is 2.54 bits per heavy atom. The highest BCUT2D eigenvalue weighted by molar-refractivity contribution is 5.98. The molecule has 0 bridgehead atoms. The molecule has 6 heteroatoms. The molecule has 6 nitrogen and oxygen atoms in total. The molecular weight excluding hydrogens is 330 g/mol. The Balaban J connectivity index is 2.12. The first-order valence-electron chi connectivity index (χ1n) is 8.54. The fourth-order valence-electron chi connectivity index (χ4n) is 2.52. The largest absolute Gasteiger partial charge is 0.492 e. The van der Waals surface area contributed by atoms with Crippen LogP contribution in [0.25, 0.3) is 0 Å². The van der Waals surface area contributed by atoms with Crippen LogP contribution in [0, 0.1) is 0 Å². The lowest BCUT2D eigenvalue weighted by molar-refractivity contribution is -0.116. The molecule has 0 spiro atoms. The van der Waals surface area contributed by atoms with Gasteiger partial charge in [0.15, 0.2) is 0 Å². The maximum atomic E-state index is 12.4. The van der Waals surface area contributed by atoms with Crippen LogP contribution < -0.4 is 15.8 Å². The van der Waals surface area contributed by atoms with Gasteiger partial charge in [-0.05, 0) is 43.2 Å². The Labute approximate surface area is 153 Å². The van der Waals surface area contributed by atoms with Crippen LogP contribution in [0.5, 0.6) is 5.75 Å². The van der Waals surface area contributed by atoms with Crippen molar-refractivity contribution in [2.75, 3.05) is 31.8 Å². The Hall–Kier alpha value is -3.02. The Kier molecular flexibility index (Phi) is 6.60. The van der Waals surface area contributed by atoms with E-state index in [1.165, 1.54) is 4.90 Å². The lowest BCUT2D eigenvalue weighted by atomic mass is 10.1. The third-order valence-corrected chi connectivity index (χ3v) is 3.88. The second-order valence-corrected chi connectivity index (χ2v) is 6.09. The van der Waals surface area contributed by atoms with Crippen molar-refractivity contribution < 1.29 is 14.3 Å². The number of benzene rings is 2. The second kappa shape index (κ2) is 8.89. The molecule has 2 aromatic carbocycles. The average molecular weight is 355 g/mol. The van der Waals surface area contributed by atoms with E-state index in [9.17, 15) is 9.59 Å². The molecule has 0 aromatic heterocycles. The summed E-state index contributed by atoms with van der Waals surface area (Å²) in [5, 5.41) is 2.84. The number of nitrogens with two attached hydrogens (primary N) is 1. The van der Waals surface area contributed by atoms with Gasteiger partial charge in [0.25, 0.3) is 5.91 Å². The number of para-hydroxylation sites is 1. The van der Waals surface area contributed by atoms with Gasteiger partial charge in [-0.2, -0.15) is 0 Å². The van der Waals surface area contributed by atoms with Crippen LogP contribution in [-0.2, 0) is 11.2 Å². The molecule has 0 aliphatic heterocycles. The van der Waals surface area contributed by atoms with Gasteiger partial charge < -0.3 is 20.7 Å². The van der Waals surface area contributed by atoms with Gasteiger partial charge in [-0.1, -0.05) is 18.2 Å². The van der Waals surface area contributed by atoms with Gasteiger partial charge >= 0.3 is 0 Å². The van der Waals surface area contributed by atoms with Gasteiger partial charge in [0.1, 0.15) is 5.75 Å². The van der Waals surface area contributed by atoms with Crippen LogP contribution in [0.3, 0.4) is 0 Å². The first-order valence-corrected chi connectivity index (χ1v) is 8.54. The lowest BCUT2D eigenvalue weighted by Crippen LogP contribution is -2.22. The fourth-order valence-corrected chi connectivity index (χ4v) is 2.52. The minimum atomic E-state index is -0.163. The highest BCUT2D eigenvalue weighted by Crippen LogP contribution is 2.27. The number of carbonyl (C=O) groups is 2. The zero-order chi connectivity index (χ0) is 19.1. The summed E-state index contributed by atoms with van der Waals surface area (Å²) in [5.41, 5.74) is 8.50. The third-order valence-electron chi connectivity index (χ3n) is 3.88. The number of ether oxygens (including phenoxy) is 1. The third kappa shape index (κ3) is 4.99. The van der Waals surface area contributed by atoms with Crippen LogP contribution in [0.1, 0.15) is 29.3 Å². The van der Waals surface area contributed by atoms with Crippen LogP contribution in [-0.4, -0.2) is 37.4 Å². The van der Waals surface area contributed by atoms with Crippen molar-refractivity contribution in [1.82, 2.24) is 4.90 Å². The number of nitrogens with zero attached hydrogens (tertiary/aromatic N) is 1. The number of amides is 2. The summed E-state index contributed by atoms with van der Waals surface area (Å²) >= 11 is 0.